The zero-order valence-corrected chi connectivity index (χ0v) is 36.5. The molecule has 2 amide bonds. The number of carbonyl (C=O) groups is 2. The molecular formula is C34H48Cl2GaN4O2Si2Zr. The molecule has 2 aliphatic rings. The van der Waals surface area contributed by atoms with Gasteiger partial charge in [-0.3, -0.25) is 0 Å². The van der Waals surface area contributed by atoms with Gasteiger partial charge in [-0.25, -0.2) is 0 Å². The van der Waals surface area contributed by atoms with Gasteiger partial charge in [-0.15, -0.1) is 82.2 Å². The van der Waals surface area contributed by atoms with Gasteiger partial charge in [-0.05, 0) is 25.7 Å². The van der Waals surface area contributed by atoms with Crippen molar-refractivity contribution in [3.63, 3.8) is 0 Å². The van der Waals surface area contributed by atoms with E-state index >= 15 is 0 Å². The van der Waals surface area contributed by atoms with Crippen molar-refractivity contribution >= 4 is 78.0 Å². The van der Waals surface area contributed by atoms with Gasteiger partial charge >= 0.3 is 128 Å². The van der Waals surface area contributed by atoms with Crippen LogP contribution in [0.4, 0.5) is 21.0 Å². The minimum Gasteiger partial charge on any atom is -1.00 e. The maximum atomic E-state index is 11.5. The maximum Gasteiger partial charge on any atom is 4.00 e. The Morgan fingerprint density at radius 3 is 1.28 bits per heavy atom. The summed E-state index contributed by atoms with van der Waals surface area (Å²) in [7, 11) is -3.46. The molecular weight excluding hydrogens is 784 g/mol. The number of benzene rings is 2. The van der Waals surface area contributed by atoms with E-state index in [4.69, 9.17) is 0 Å². The predicted molar refractivity (Wildman–Crippen MR) is 191 cm³/mol. The van der Waals surface area contributed by atoms with Gasteiger partial charge in [0.05, 0.1) is 0 Å². The smallest absolute Gasteiger partial charge is 1.00 e. The van der Waals surface area contributed by atoms with Crippen LogP contribution in [0.15, 0.2) is 72.8 Å². The van der Waals surface area contributed by atoms with Crippen molar-refractivity contribution in [1.82, 2.24) is 8.05 Å². The number of fused-ring (bicyclic) bond motifs is 2. The molecule has 2 saturated heterocycles. The molecule has 245 valence electrons. The van der Waals surface area contributed by atoms with E-state index in [-0.39, 0.29) is 62.1 Å². The zero-order valence-electron chi connectivity index (χ0n) is 28.1. The molecule has 1 radical (unpaired) electrons. The fraction of sp³-hybridized carbons (Fsp3) is 0.412. The third kappa shape index (κ3) is 12.0. The molecule has 4 aromatic carbocycles. The van der Waals surface area contributed by atoms with Crippen LogP contribution in [0.1, 0.15) is 25.7 Å². The maximum absolute atomic E-state index is 11.5. The zero-order chi connectivity index (χ0) is 31.0. The Morgan fingerprint density at radius 2 is 0.957 bits per heavy atom. The fourth-order valence-corrected chi connectivity index (χ4v) is 13.1. The first kappa shape index (κ1) is 42.8. The second-order valence-corrected chi connectivity index (χ2v) is 25.3. The van der Waals surface area contributed by atoms with Gasteiger partial charge in [0.25, 0.3) is 0 Å². The quantitative estimate of drug-likeness (QED) is 0.231. The van der Waals surface area contributed by atoms with E-state index in [9.17, 15) is 9.59 Å². The van der Waals surface area contributed by atoms with Gasteiger partial charge in [0.2, 0.25) is 0 Å². The molecule has 46 heavy (non-hydrogen) atoms. The topological polar surface area (TPSA) is 64.7 Å². The van der Waals surface area contributed by atoms with Crippen molar-refractivity contribution in [3.05, 3.63) is 72.8 Å². The molecule has 2 N–H and O–H groups in total. The van der Waals surface area contributed by atoms with Crippen LogP contribution in [-0.4, -0.2) is 71.3 Å². The van der Waals surface area contributed by atoms with Gasteiger partial charge in [0.15, 0.2) is 0 Å². The van der Waals surface area contributed by atoms with Gasteiger partial charge in [0, 0.05) is 26.2 Å². The van der Waals surface area contributed by atoms with Crippen LogP contribution in [0.5, 0.6) is 0 Å². The van der Waals surface area contributed by atoms with Crippen LogP contribution in [0.25, 0.3) is 21.5 Å². The van der Waals surface area contributed by atoms with Crippen molar-refractivity contribution in [2.45, 2.75) is 65.0 Å². The third-order valence-electron chi connectivity index (χ3n) is 7.98. The van der Waals surface area contributed by atoms with Gasteiger partial charge in [-0.2, -0.15) is 0 Å². The summed E-state index contributed by atoms with van der Waals surface area (Å²) in [4.78, 5) is 28.1. The molecule has 0 atom stereocenters. The molecule has 0 saturated carbocycles. The number of rotatable bonds is 6. The van der Waals surface area contributed by atoms with E-state index in [0.29, 0.717) is 0 Å². The predicted octanol–water partition coefficient (Wildman–Crippen LogP) is 2.10. The average Bonchev–Trinajstić information content (AvgIpc) is 3.78. The van der Waals surface area contributed by atoms with Crippen molar-refractivity contribution < 1.29 is 60.6 Å². The number of hydrogen-bond donors (Lipinski definition) is 2. The number of halogens is 2. The summed E-state index contributed by atoms with van der Waals surface area (Å²) in [6.45, 7) is 16.9. The van der Waals surface area contributed by atoms with Crippen LogP contribution >= 0.6 is 0 Å². The summed E-state index contributed by atoms with van der Waals surface area (Å²) in [5, 5.41) is 5.56. The first-order valence-corrected chi connectivity index (χ1v) is 25.1. The first-order chi connectivity index (χ1) is 20.4. The van der Waals surface area contributed by atoms with Crippen LogP contribution in [0, 0.1) is 0 Å². The summed E-state index contributed by atoms with van der Waals surface area (Å²) in [5.74, 6) is 0. The van der Waals surface area contributed by atoms with Gasteiger partial charge in [0.1, 0.15) is 0 Å². The fourth-order valence-electron chi connectivity index (χ4n) is 5.34. The van der Waals surface area contributed by atoms with Crippen molar-refractivity contribution in [1.29, 1.82) is 0 Å². The number of amides is 2. The van der Waals surface area contributed by atoms with Crippen LogP contribution in [-0.2, 0) is 26.2 Å². The molecule has 0 aliphatic carbocycles. The molecule has 0 spiro atoms. The van der Waals surface area contributed by atoms with E-state index in [1.165, 1.54) is 84.8 Å². The molecule has 4 aromatic rings. The molecule has 2 aliphatic heterocycles. The summed E-state index contributed by atoms with van der Waals surface area (Å²) in [5.41, 5.74) is 3.16. The van der Waals surface area contributed by atoms with E-state index < -0.39 is 34.0 Å². The van der Waals surface area contributed by atoms with Crippen molar-refractivity contribution in [2.75, 3.05) is 36.0 Å². The molecule has 6 nitrogen and oxygen atoms in total. The SMILES string of the molecule is C[Si](C)(C)C(=O)[NH][Ga][NH]C(=O)[Si](C)(C)C.[Cl-].[Cl-].[Zr+4].c1ccc2c(N3CCCC3)c[cH-]c2c1.c1ccc2c(N3CCCC3)c[cH-]c2c1. The second-order valence-electron chi connectivity index (χ2n) is 13.6. The summed E-state index contributed by atoms with van der Waals surface area (Å²) in [6.07, 6.45) is 5.39. The number of carbonyl (C=O) groups excluding carboxylic acids is 2. The van der Waals surface area contributed by atoms with E-state index in [2.05, 4.69) is 90.6 Å². The molecule has 2 fully saturated rings. The Kier molecular flexibility index (Phi) is 18.3. The monoisotopic (exact) mass is 829 g/mol. The normalized spacial score (nSPS) is 14.0. The third-order valence-corrected chi connectivity index (χ3v) is 13.9. The van der Waals surface area contributed by atoms with E-state index in [0.717, 1.165) is 0 Å². The molecule has 0 aromatic heterocycles. The number of hydrogen-bond acceptors (Lipinski definition) is 4. The second kappa shape index (κ2) is 19.7. The number of anilines is 2. The molecule has 6 rings (SSSR count). The molecule has 12 heteroatoms. The number of nitrogens with zero attached hydrogens (tertiary/aromatic N) is 2. The van der Waals surface area contributed by atoms with Crippen molar-refractivity contribution in [2.24, 2.45) is 0 Å². The largest absolute Gasteiger partial charge is 4.00 e. The standard InChI is InChI=1S/2C13H14N.2C4H11NOSi.2ClH.Ga.Zr/c2*1-2-6-12-11(5-1)7-8-13(12)14-9-3-4-10-14;2*1-7(2,3)4(5)6;;;;/h2*1-2,5-8H,3-4,9-10H2;2*1-3H3,(H2,5,6);2*1H;;/q2*-1;;;;;+2;+4/p-4. The van der Waals surface area contributed by atoms with Crippen molar-refractivity contribution in [3.8, 4) is 0 Å². The Balaban J connectivity index is 0.000000334. The summed E-state index contributed by atoms with van der Waals surface area (Å²) < 4.78 is 5.79. The number of nitrogens with one attached hydrogen (secondary N) is 2. The summed E-state index contributed by atoms with van der Waals surface area (Å²) in [6, 6.07) is 26.3. The van der Waals surface area contributed by atoms with Gasteiger partial charge < -0.3 is 34.6 Å². The minimum absolute atomic E-state index is 0. The first-order valence-electron chi connectivity index (χ1n) is 15.7. The molecule has 0 unspecified atom stereocenters. The van der Waals surface area contributed by atoms with Crippen LogP contribution < -0.4 is 42.7 Å². The Hall–Kier alpha value is -1.27. The van der Waals surface area contributed by atoms with Gasteiger partial charge in [-0.1, -0.05) is 23.5 Å². The molecule has 0 bridgehead atoms. The van der Waals surface area contributed by atoms with E-state index in [1.807, 2.05) is 39.3 Å². The average molecular weight is 833 g/mol. The van der Waals surface area contributed by atoms with Crippen LogP contribution in [0.2, 0.25) is 39.3 Å². The Labute approximate surface area is 317 Å². The Morgan fingerprint density at radius 1 is 0.630 bits per heavy atom. The Bertz CT molecular complexity index is 1400. The minimum atomic E-state index is -1.73. The van der Waals surface area contributed by atoms with E-state index in [1.54, 1.807) is 0 Å². The summed E-state index contributed by atoms with van der Waals surface area (Å²) >= 11 is -1.13. The van der Waals surface area contributed by atoms with Crippen LogP contribution in [0.3, 0.4) is 0 Å². The molecule has 2 heterocycles.